The number of likely N-dealkylation sites (N-methyl/N-ethyl adjacent to an activating group) is 1. The third kappa shape index (κ3) is 8.89. The normalized spacial score (nSPS) is 12.5. The van der Waals surface area contributed by atoms with E-state index in [9.17, 15) is 0 Å². The number of hydrogen-bond donors (Lipinski definition) is 2. The Morgan fingerprint density at radius 3 is 2.52 bits per heavy atom. The number of halogens is 1. The predicted molar refractivity (Wildman–Crippen MR) is 122 cm³/mol. The first-order valence-electron chi connectivity index (χ1n) is 9.45. The highest BCUT2D eigenvalue weighted by atomic mass is 35.5. The van der Waals surface area contributed by atoms with Crippen molar-refractivity contribution < 1.29 is 4.79 Å². The van der Waals surface area contributed by atoms with Crippen LogP contribution in [0, 0.1) is 0 Å². The topological polar surface area (TPSA) is 70.2 Å². The minimum Gasteiger partial charge on any atom is -0.375 e. The lowest BCUT2D eigenvalue weighted by Gasteiger charge is -2.20. The van der Waals surface area contributed by atoms with Crippen molar-refractivity contribution in [3.05, 3.63) is 71.3 Å². The van der Waals surface area contributed by atoms with Gasteiger partial charge in [-0.15, -0.1) is 0 Å². The molecule has 7 heteroatoms. The van der Waals surface area contributed by atoms with Gasteiger partial charge in [0.1, 0.15) is 12.6 Å². The van der Waals surface area contributed by atoms with Crippen LogP contribution in [0.2, 0.25) is 0 Å². The summed E-state index contributed by atoms with van der Waals surface area (Å²) in [5, 5.41) is 7.06. The van der Waals surface area contributed by atoms with Crippen LogP contribution in [0.3, 0.4) is 0 Å². The van der Waals surface area contributed by atoms with Gasteiger partial charge in [0.2, 0.25) is 0 Å². The van der Waals surface area contributed by atoms with E-state index in [1.165, 1.54) is 12.0 Å². The molecular weight excluding hydrogens is 386 g/mol. The minimum atomic E-state index is 0.713. The van der Waals surface area contributed by atoms with E-state index < -0.39 is 0 Å². The second-order valence-corrected chi connectivity index (χ2v) is 6.66. The van der Waals surface area contributed by atoms with Crippen LogP contribution >= 0.6 is 11.6 Å². The van der Waals surface area contributed by atoms with Crippen molar-refractivity contribution in [1.82, 2.24) is 20.2 Å². The van der Waals surface area contributed by atoms with Crippen molar-refractivity contribution in [3.8, 4) is 0 Å². The standard InChI is InChI=1S/C17H17ClN4.C4H11N.CH2O/c1-22-10-7-14(15(18)12-22)16-3-2-4-17(21-16)20-11-13-5-8-19-9-6-13;1-3-4-5-2;1-2/h2-9,12H,10-11H2,1H3,(H,20,21);5H,3-4H2,1-2H3;1H2. The van der Waals surface area contributed by atoms with Crippen LogP contribution in [0.25, 0.3) is 5.57 Å². The van der Waals surface area contributed by atoms with E-state index >= 15 is 0 Å². The van der Waals surface area contributed by atoms with E-state index in [1.807, 2.05) is 62.3 Å². The molecule has 0 aliphatic carbocycles. The van der Waals surface area contributed by atoms with Crippen LogP contribution in [0.15, 0.2) is 60.0 Å². The number of aromatic nitrogens is 2. The number of pyridine rings is 2. The highest BCUT2D eigenvalue weighted by Gasteiger charge is 2.12. The molecule has 0 fully saturated rings. The van der Waals surface area contributed by atoms with Gasteiger partial charge < -0.3 is 20.3 Å². The van der Waals surface area contributed by atoms with E-state index in [4.69, 9.17) is 16.4 Å². The SMILES string of the molecule is C=O.CCCNC.CN1C=C(Cl)C(c2cccc(NCc3ccncc3)n2)=CC1. The lowest BCUT2D eigenvalue weighted by atomic mass is 10.1. The molecule has 29 heavy (non-hydrogen) atoms. The average molecular weight is 416 g/mol. The Balaban J connectivity index is 0.000000527. The van der Waals surface area contributed by atoms with Gasteiger partial charge in [0.25, 0.3) is 0 Å². The molecule has 0 radical (unpaired) electrons. The van der Waals surface area contributed by atoms with E-state index in [2.05, 4.69) is 33.6 Å². The van der Waals surface area contributed by atoms with Gasteiger partial charge in [0, 0.05) is 44.3 Å². The predicted octanol–water partition coefficient (Wildman–Crippen LogP) is 3.93. The maximum Gasteiger partial charge on any atom is 0.126 e. The molecule has 0 bridgehead atoms. The summed E-state index contributed by atoms with van der Waals surface area (Å²) in [6.07, 6.45) is 8.83. The quantitative estimate of drug-likeness (QED) is 0.744. The molecule has 2 aromatic heterocycles. The van der Waals surface area contributed by atoms with E-state index in [-0.39, 0.29) is 0 Å². The van der Waals surface area contributed by atoms with Crippen LogP contribution in [0.4, 0.5) is 5.82 Å². The molecule has 6 nitrogen and oxygen atoms in total. The second kappa shape index (κ2) is 14.3. The third-order valence-electron chi connectivity index (χ3n) is 3.92. The lowest BCUT2D eigenvalue weighted by molar-refractivity contribution is -0.0979. The summed E-state index contributed by atoms with van der Waals surface area (Å²) >= 11 is 6.32. The first-order chi connectivity index (χ1) is 14.1. The smallest absolute Gasteiger partial charge is 0.126 e. The van der Waals surface area contributed by atoms with Crippen LogP contribution in [-0.4, -0.2) is 48.8 Å². The largest absolute Gasteiger partial charge is 0.375 e. The van der Waals surface area contributed by atoms with E-state index in [0.717, 1.165) is 30.2 Å². The van der Waals surface area contributed by atoms with E-state index in [0.29, 0.717) is 11.6 Å². The van der Waals surface area contributed by atoms with Gasteiger partial charge in [0.15, 0.2) is 0 Å². The Hall–Kier alpha value is -2.70. The zero-order chi connectivity index (χ0) is 21.5. The van der Waals surface area contributed by atoms with Gasteiger partial charge >= 0.3 is 0 Å². The number of anilines is 1. The number of carbonyl (C=O) groups excluding carboxylic acids is 1. The molecule has 0 aromatic carbocycles. The molecule has 0 saturated carbocycles. The summed E-state index contributed by atoms with van der Waals surface area (Å²) < 4.78 is 0. The number of hydrogen-bond acceptors (Lipinski definition) is 6. The summed E-state index contributed by atoms with van der Waals surface area (Å²) in [7, 11) is 3.96. The summed E-state index contributed by atoms with van der Waals surface area (Å²) in [4.78, 5) is 18.7. The third-order valence-corrected chi connectivity index (χ3v) is 4.22. The van der Waals surface area contributed by atoms with Crippen LogP contribution < -0.4 is 10.6 Å². The molecule has 0 atom stereocenters. The van der Waals surface area contributed by atoms with Crippen molar-refractivity contribution in [2.24, 2.45) is 0 Å². The average Bonchev–Trinajstić information content (AvgIpc) is 2.76. The maximum absolute atomic E-state index is 8.00. The number of nitrogens with one attached hydrogen (secondary N) is 2. The van der Waals surface area contributed by atoms with Gasteiger partial charge in [-0.05, 0) is 49.8 Å². The molecule has 2 N–H and O–H groups in total. The van der Waals surface area contributed by atoms with Crippen molar-refractivity contribution in [3.63, 3.8) is 0 Å². The highest BCUT2D eigenvalue weighted by molar-refractivity contribution is 6.37. The van der Waals surface area contributed by atoms with Crippen LogP contribution in [0.1, 0.15) is 24.6 Å². The van der Waals surface area contributed by atoms with Gasteiger partial charge in [-0.1, -0.05) is 30.7 Å². The Morgan fingerprint density at radius 2 is 1.93 bits per heavy atom. The van der Waals surface area contributed by atoms with Gasteiger partial charge in [0.05, 0.1) is 10.7 Å². The number of allylic oxidation sites excluding steroid dienone is 2. The molecule has 0 saturated heterocycles. The summed E-state index contributed by atoms with van der Waals surface area (Å²) in [5.41, 5.74) is 3.03. The van der Waals surface area contributed by atoms with Crippen molar-refractivity contribution >= 4 is 29.8 Å². The Bertz CT molecular complexity index is 778. The first kappa shape index (κ1) is 24.3. The molecule has 156 valence electrons. The van der Waals surface area contributed by atoms with Crippen molar-refractivity contribution in [1.29, 1.82) is 0 Å². The molecule has 0 amide bonds. The molecule has 3 rings (SSSR count). The fourth-order valence-corrected chi connectivity index (χ4v) is 2.84. The summed E-state index contributed by atoms with van der Waals surface area (Å²) in [5.74, 6) is 0.832. The van der Waals surface area contributed by atoms with Gasteiger partial charge in [-0.3, -0.25) is 4.98 Å². The van der Waals surface area contributed by atoms with Gasteiger partial charge in [-0.25, -0.2) is 4.98 Å². The molecule has 0 unspecified atom stereocenters. The Morgan fingerprint density at radius 1 is 1.21 bits per heavy atom. The first-order valence-corrected chi connectivity index (χ1v) is 9.83. The van der Waals surface area contributed by atoms with Gasteiger partial charge in [-0.2, -0.15) is 0 Å². The second-order valence-electron chi connectivity index (χ2n) is 6.26. The summed E-state index contributed by atoms with van der Waals surface area (Å²) in [6.45, 7) is 6.84. The van der Waals surface area contributed by atoms with Crippen LogP contribution in [0.5, 0.6) is 0 Å². The van der Waals surface area contributed by atoms with Crippen molar-refractivity contribution in [2.45, 2.75) is 19.9 Å². The number of rotatable bonds is 6. The zero-order valence-electron chi connectivity index (χ0n) is 17.4. The fourth-order valence-electron chi connectivity index (χ4n) is 2.50. The lowest BCUT2D eigenvalue weighted by Crippen LogP contribution is -2.15. The molecule has 1 aliphatic rings. The summed E-state index contributed by atoms with van der Waals surface area (Å²) in [6, 6.07) is 9.88. The van der Waals surface area contributed by atoms with Crippen LogP contribution in [-0.2, 0) is 11.3 Å². The zero-order valence-corrected chi connectivity index (χ0v) is 18.1. The molecule has 0 spiro atoms. The molecular formula is C22H30ClN5O. The van der Waals surface area contributed by atoms with Crippen molar-refractivity contribution in [2.75, 3.05) is 32.5 Å². The maximum atomic E-state index is 8.00. The minimum absolute atomic E-state index is 0.713. The Labute approximate surface area is 178 Å². The molecule has 1 aliphatic heterocycles. The molecule has 3 heterocycles. The molecule has 2 aromatic rings. The Kier molecular flexibility index (Phi) is 12.0. The fraction of sp³-hybridized carbons (Fsp3) is 0.318. The number of nitrogens with zero attached hydrogens (tertiary/aromatic N) is 3. The highest BCUT2D eigenvalue weighted by Crippen LogP contribution is 2.28. The number of carbonyl (C=O) groups is 1. The monoisotopic (exact) mass is 415 g/mol. The van der Waals surface area contributed by atoms with E-state index in [1.54, 1.807) is 12.4 Å².